The highest BCUT2D eigenvalue weighted by Crippen LogP contribution is 2.26. The average molecular weight is 324 g/mol. The predicted molar refractivity (Wildman–Crippen MR) is 71.6 cm³/mol. The van der Waals surface area contributed by atoms with Gasteiger partial charge in [0.2, 0.25) is 0 Å². The summed E-state index contributed by atoms with van der Waals surface area (Å²) in [4.78, 5) is 8.14. The number of likely N-dealkylation sites (N-methyl/N-ethyl adjacent to an activating group) is 1. The number of anilines is 1. The standard InChI is InChI=1S/C7H15NO3.C5H4F3N3/c1-8-3-2-6(10)7(11)5(8)4-9;6-5(7,8)3-1-10-2-4(9)11-3/h5-7,9-11H,2-4H2,1H3;1-2H,(H2,9,11). The molecule has 22 heavy (non-hydrogen) atoms. The van der Waals surface area contributed by atoms with Crippen LogP contribution in [0.2, 0.25) is 0 Å². The lowest BCUT2D eigenvalue weighted by molar-refractivity contribution is -0.141. The van der Waals surface area contributed by atoms with E-state index in [2.05, 4.69) is 9.97 Å². The topological polar surface area (TPSA) is 116 Å². The molecule has 3 atom stereocenters. The number of nitrogen functional groups attached to an aromatic ring is 1. The van der Waals surface area contributed by atoms with Gasteiger partial charge in [0.25, 0.3) is 0 Å². The number of hydrogen-bond donors (Lipinski definition) is 4. The zero-order chi connectivity index (χ0) is 16.9. The molecule has 2 heterocycles. The number of alkyl halides is 3. The van der Waals surface area contributed by atoms with Gasteiger partial charge in [0.05, 0.1) is 37.3 Å². The molecule has 0 amide bonds. The van der Waals surface area contributed by atoms with E-state index in [9.17, 15) is 23.4 Å². The largest absolute Gasteiger partial charge is 0.434 e. The molecule has 0 bridgehead atoms. The minimum absolute atomic E-state index is 0.102. The number of halogens is 3. The maximum absolute atomic E-state index is 11.8. The Bertz CT molecular complexity index is 475. The van der Waals surface area contributed by atoms with E-state index in [0.29, 0.717) is 12.6 Å². The first-order chi connectivity index (χ1) is 10.2. The van der Waals surface area contributed by atoms with Crippen molar-refractivity contribution in [2.24, 2.45) is 0 Å². The van der Waals surface area contributed by atoms with E-state index < -0.39 is 24.1 Å². The first kappa shape index (κ1) is 18.6. The van der Waals surface area contributed by atoms with Crippen LogP contribution in [0, 0.1) is 0 Å². The van der Waals surface area contributed by atoms with Crippen molar-refractivity contribution in [3.63, 3.8) is 0 Å². The second-order valence-electron chi connectivity index (χ2n) is 4.90. The number of nitrogens with zero attached hydrogens (tertiary/aromatic N) is 3. The van der Waals surface area contributed by atoms with E-state index in [1.165, 1.54) is 0 Å². The van der Waals surface area contributed by atoms with Gasteiger partial charge >= 0.3 is 6.18 Å². The Morgan fingerprint density at radius 1 is 1.36 bits per heavy atom. The lowest BCUT2D eigenvalue weighted by Gasteiger charge is -2.38. The predicted octanol–water partition coefficient (Wildman–Crippen LogP) is -0.518. The molecule has 0 saturated carbocycles. The fourth-order valence-corrected chi connectivity index (χ4v) is 1.95. The Labute approximate surface area is 125 Å². The van der Waals surface area contributed by atoms with Crippen LogP contribution in [0.4, 0.5) is 19.0 Å². The number of aromatic nitrogens is 2. The summed E-state index contributed by atoms with van der Waals surface area (Å²) < 4.78 is 35.4. The zero-order valence-corrected chi connectivity index (χ0v) is 11.9. The first-order valence-corrected chi connectivity index (χ1v) is 6.48. The molecule has 10 heteroatoms. The second kappa shape index (κ2) is 7.68. The molecule has 0 aromatic carbocycles. The smallest absolute Gasteiger partial charge is 0.395 e. The molecule has 2 rings (SSSR count). The summed E-state index contributed by atoms with van der Waals surface area (Å²) in [5.41, 5.74) is 3.91. The average Bonchev–Trinajstić information content (AvgIpc) is 2.44. The van der Waals surface area contributed by atoms with E-state index in [1.807, 2.05) is 11.9 Å². The molecular formula is C12H19F3N4O3. The summed E-state index contributed by atoms with van der Waals surface area (Å²) in [6, 6.07) is -0.307. The van der Waals surface area contributed by atoms with Crippen molar-refractivity contribution in [3.8, 4) is 0 Å². The number of hydrogen-bond acceptors (Lipinski definition) is 7. The maximum atomic E-state index is 11.8. The summed E-state index contributed by atoms with van der Waals surface area (Å²) >= 11 is 0. The van der Waals surface area contributed by atoms with Crippen LogP contribution in [0.5, 0.6) is 0 Å². The van der Waals surface area contributed by atoms with Crippen molar-refractivity contribution >= 4 is 5.82 Å². The monoisotopic (exact) mass is 324 g/mol. The van der Waals surface area contributed by atoms with E-state index in [-0.39, 0.29) is 18.5 Å². The van der Waals surface area contributed by atoms with Crippen LogP contribution < -0.4 is 5.73 Å². The van der Waals surface area contributed by atoms with Gasteiger partial charge in [-0.25, -0.2) is 4.98 Å². The molecule has 1 aromatic rings. The van der Waals surface area contributed by atoms with Crippen LogP contribution in [-0.2, 0) is 6.18 Å². The van der Waals surface area contributed by atoms with Gasteiger partial charge in [0.1, 0.15) is 5.82 Å². The molecule has 1 aromatic heterocycles. The number of nitrogens with two attached hydrogens (primary N) is 1. The fraction of sp³-hybridized carbons (Fsp3) is 0.667. The number of likely N-dealkylation sites (tertiary alicyclic amines) is 1. The Hall–Kier alpha value is -1.49. The SMILES string of the molecule is CN1CCC(O)C(O)C1CO.Nc1cncc(C(F)(F)F)n1. The van der Waals surface area contributed by atoms with Crippen molar-refractivity contribution in [1.29, 1.82) is 0 Å². The molecule has 1 aliphatic rings. The van der Waals surface area contributed by atoms with Crippen LogP contribution in [0.15, 0.2) is 12.4 Å². The highest BCUT2D eigenvalue weighted by atomic mass is 19.4. The molecule has 1 aliphatic heterocycles. The summed E-state index contributed by atoms with van der Waals surface area (Å²) in [7, 11) is 1.83. The minimum Gasteiger partial charge on any atom is -0.395 e. The Morgan fingerprint density at radius 3 is 2.41 bits per heavy atom. The van der Waals surface area contributed by atoms with E-state index >= 15 is 0 Å². The van der Waals surface area contributed by atoms with E-state index in [1.54, 1.807) is 0 Å². The lowest BCUT2D eigenvalue weighted by atomic mass is 9.97. The number of aliphatic hydroxyl groups excluding tert-OH is 3. The van der Waals surface area contributed by atoms with Crippen molar-refractivity contribution in [1.82, 2.24) is 14.9 Å². The molecule has 1 saturated heterocycles. The van der Waals surface area contributed by atoms with Gasteiger partial charge in [-0.1, -0.05) is 0 Å². The van der Waals surface area contributed by atoms with Gasteiger partial charge in [0, 0.05) is 6.54 Å². The van der Waals surface area contributed by atoms with Gasteiger partial charge in [0.15, 0.2) is 5.69 Å². The summed E-state index contributed by atoms with van der Waals surface area (Å²) in [6.07, 6.45) is -3.70. The van der Waals surface area contributed by atoms with Gasteiger partial charge in [-0.3, -0.25) is 9.88 Å². The molecule has 7 nitrogen and oxygen atoms in total. The van der Waals surface area contributed by atoms with Crippen LogP contribution in [0.25, 0.3) is 0 Å². The third-order valence-corrected chi connectivity index (χ3v) is 3.26. The summed E-state index contributed by atoms with van der Waals surface area (Å²) in [5, 5.41) is 27.4. The molecule has 126 valence electrons. The summed E-state index contributed by atoms with van der Waals surface area (Å²) in [5.74, 6) is -0.236. The summed E-state index contributed by atoms with van der Waals surface area (Å²) in [6.45, 7) is 0.623. The Balaban J connectivity index is 0.000000220. The molecule has 0 spiro atoms. The molecule has 3 unspecified atom stereocenters. The molecule has 1 fully saturated rings. The van der Waals surface area contributed by atoms with Crippen LogP contribution in [0.3, 0.4) is 0 Å². The molecule has 0 aliphatic carbocycles. The molecule has 0 radical (unpaired) electrons. The van der Waals surface area contributed by atoms with E-state index in [0.717, 1.165) is 12.7 Å². The quantitative estimate of drug-likeness (QED) is 0.549. The van der Waals surface area contributed by atoms with Gasteiger partial charge < -0.3 is 21.1 Å². The second-order valence-corrected chi connectivity index (χ2v) is 4.90. The van der Waals surface area contributed by atoms with Crippen molar-refractivity contribution in [3.05, 3.63) is 18.1 Å². The fourth-order valence-electron chi connectivity index (χ4n) is 1.95. The molecule has 5 N–H and O–H groups in total. The van der Waals surface area contributed by atoms with Crippen LogP contribution in [-0.4, -0.2) is 68.6 Å². The maximum Gasteiger partial charge on any atom is 0.434 e. The number of aliphatic hydroxyl groups is 3. The van der Waals surface area contributed by atoms with Gasteiger partial charge in [-0.2, -0.15) is 13.2 Å². The normalized spacial score (nSPS) is 26.2. The first-order valence-electron chi connectivity index (χ1n) is 6.48. The van der Waals surface area contributed by atoms with Crippen molar-refractivity contribution < 1.29 is 28.5 Å². The highest BCUT2D eigenvalue weighted by Gasteiger charge is 2.33. The van der Waals surface area contributed by atoms with Gasteiger partial charge in [-0.15, -0.1) is 0 Å². The number of rotatable bonds is 1. The third-order valence-electron chi connectivity index (χ3n) is 3.26. The Kier molecular flexibility index (Phi) is 6.48. The van der Waals surface area contributed by atoms with Crippen LogP contribution >= 0.6 is 0 Å². The number of piperidine rings is 1. The lowest BCUT2D eigenvalue weighted by Crippen LogP contribution is -2.54. The van der Waals surface area contributed by atoms with Crippen molar-refractivity contribution in [2.75, 3.05) is 25.9 Å². The van der Waals surface area contributed by atoms with Crippen LogP contribution in [0.1, 0.15) is 12.1 Å². The molecular weight excluding hydrogens is 305 g/mol. The minimum atomic E-state index is -4.47. The third kappa shape index (κ3) is 5.05. The zero-order valence-electron chi connectivity index (χ0n) is 11.9. The van der Waals surface area contributed by atoms with Crippen molar-refractivity contribution in [2.45, 2.75) is 30.8 Å². The Morgan fingerprint density at radius 2 is 2.00 bits per heavy atom. The van der Waals surface area contributed by atoms with E-state index in [4.69, 9.17) is 10.8 Å². The van der Waals surface area contributed by atoms with Gasteiger partial charge in [-0.05, 0) is 13.5 Å². The highest BCUT2D eigenvalue weighted by molar-refractivity contribution is 5.24.